The number of nitrogens with one attached hydrogen (secondary N) is 1. The van der Waals surface area contributed by atoms with Crippen molar-refractivity contribution in [2.24, 2.45) is 5.41 Å². The first-order chi connectivity index (χ1) is 8.90. The fourth-order valence-corrected chi connectivity index (χ4v) is 2.81. The third kappa shape index (κ3) is 3.00. The molecule has 4 nitrogen and oxygen atoms in total. The Balaban J connectivity index is 2.25. The van der Waals surface area contributed by atoms with E-state index in [0.29, 0.717) is 17.4 Å². The van der Waals surface area contributed by atoms with Crippen molar-refractivity contribution < 1.29 is 9.90 Å². The molecule has 1 aliphatic rings. The molecule has 4 N–H and O–H groups in total. The van der Waals surface area contributed by atoms with Crippen LogP contribution < -0.4 is 11.1 Å². The highest BCUT2D eigenvalue weighted by atomic mass is 16.4. The molecule has 1 atom stereocenters. The van der Waals surface area contributed by atoms with Crippen LogP contribution in [0.2, 0.25) is 0 Å². The highest BCUT2D eigenvalue weighted by molar-refractivity contribution is 5.95. The molecule has 1 fully saturated rings. The molecular weight excluding hydrogens is 240 g/mol. The van der Waals surface area contributed by atoms with Crippen molar-refractivity contribution in [3.8, 4) is 0 Å². The van der Waals surface area contributed by atoms with Crippen LogP contribution in [-0.4, -0.2) is 17.1 Å². The summed E-state index contributed by atoms with van der Waals surface area (Å²) in [6.07, 6.45) is 4.69. The van der Waals surface area contributed by atoms with Crippen LogP contribution in [0.4, 0.5) is 11.4 Å². The van der Waals surface area contributed by atoms with Crippen LogP contribution >= 0.6 is 0 Å². The summed E-state index contributed by atoms with van der Waals surface area (Å²) in [5.74, 6) is -0.941. The molecule has 1 aliphatic carbocycles. The third-order valence-electron chi connectivity index (χ3n) is 4.11. The molecule has 0 heterocycles. The lowest BCUT2D eigenvalue weighted by molar-refractivity contribution is 0.0697. The van der Waals surface area contributed by atoms with E-state index in [4.69, 9.17) is 5.73 Å². The average Bonchev–Trinajstić information content (AvgIpc) is 2.33. The number of anilines is 2. The molecule has 0 aliphatic heterocycles. The molecule has 0 radical (unpaired) electrons. The largest absolute Gasteiger partial charge is 0.478 e. The molecule has 0 amide bonds. The number of carboxylic acid groups (broad SMARTS) is 1. The first kappa shape index (κ1) is 13.7. The summed E-state index contributed by atoms with van der Waals surface area (Å²) in [4.78, 5) is 11.3. The SMILES string of the molecule is CC1(C)CCCCC1Nc1ccc(N)cc1C(=O)O. The lowest BCUT2D eigenvalue weighted by Crippen LogP contribution is -2.39. The summed E-state index contributed by atoms with van der Waals surface area (Å²) in [6, 6.07) is 5.33. The second-order valence-electron chi connectivity index (χ2n) is 6.04. The monoisotopic (exact) mass is 262 g/mol. The van der Waals surface area contributed by atoms with Gasteiger partial charge in [-0.1, -0.05) is 26.7 Å². The highest BCUT2D eigenvalue weighted by Gasteiger charge is 2.32. The minimum Gasteiger partial charge on any atom is -0.478 e. The number of hydrogen-bond acceptors (Lipinski definition) is 3. The maximum absolute atomic E-state index is 11.3. The van der Waals surface area contributed by atoms with Gasteiger partial charge in [0.15, 0.2) is 0 Å². The van der Waals surface area contributed by atoms with Gasteiger partial charge in [0, 0.05) is 17.4 Å². The van der Waals surface area contributed by atoms with E-state index in [9.17, 15) is 9.90 Å². The van der Waals surface area contributed by atoms with E-state index in [1.54, 1.807) is 12.1 Å². The van der Waals surface area contributed by atoms with Crippen molar-refractivity contribution in [3.63, 3.8) is 0 Å². The Morgan fingerprint density at radius 3 is 2.79 bits per heavy atom. The number of benzene rings is 1. The minimum absolute atomic E-state index is 0.190. The summed E-state index contributed by atoms with van der Waals surface area (Å²) in [5, 5.41) is 12.7. The zero-order chi connectivity index (χ0) is 14.0. The van der Waals surface area contributed by atoms with E-state index < -0.39 is 5.97 Å². The van der Waals surface area contributed by atoms with Gasteiger partial charge in [0.25, 0.3) is 0 Å². The van der Waals surface area contributed by atoms with Crippen LogP contribution in [0.5, 0.6) is 0 Å². The summed E-state index contributed by atoms with van der Waals surface area (Å²) in [6.45, 7) is 4.48. The number of aromatic carboxylic acids is 1. The van der Waals surface area contributed by atoms with Crippen molar-refractivity contribution in [2.45, 2.75) is 45.6 Å². The van der Waals surface area contributed by atoms with E-state index in [0.717, 1.165) is 6.42 Å². The second-order valence-corrected chi connectivity index (χ2v) is 6.04. The van der Waals surface area contributed by atoms with E-state index in [1.807, 2.05) is 0 Å². The number of hydrogen-bond donors (Lipinski definition) is 3. The second kappa shape index (κ2) is 5.11. The molecule has 1 aromatic carbocycles. The Hall–Kier alpha value is -1.71. The summed E-state index contributed by atoms with van der Waals surface area (Å²) in [5.41, 5.74) is 7.25. The van der Waals surface area contributed by atoms with Gasteiger partial charge >= 0.3 is 5.97 Å². The molecular formula is C15H22N2O2. The zero-order valence-electron chi connectivity index (χ0n) is 11.6. The van der Waals surface area contributed by atoms with E-state index in [1.165, 1.54) is 25.3 Å². The van der Waals surface area contributed by atoms with Crippen LogP contribution in [0.15, 0.2) is 18.2 Å². The molecule has 19 heavy (non-hydrogen) atoms. The van der Waals surface area contributed by atoms with Crippen molar-refractivity contribution >= 4 is 17.3 Å². The first-order valence-corrected chi connectivity index (χ1v) is 6.79. The summed E-state index contributed by atoms with van der Waals surface area (Å²) in [7, 11) is 0. The van der Waals surface area contributed by atoms with Crippen molar-refractivity contribution in [2.75, 3.05) is 11.1 Å². The third-order valence-corrected chi connectivity index (χ3v) is 4.11. The standard InChI is InChI=1S/C15H22N2O2/c1-15(2)8-4-3-5-13(15)17-12-7-6-10(16)9-11(12)14(18)19/h6-7,9,13,17H,3-5,8,16H2,1-2H3,(H,18,19). The molecule has 0 saturated heterocycles. The van der Waals surface area contributed by atoms with Crippen LogP contribution in [0.3, 0.4) is 0 Å². The van der Waals surface area contributed by atoms with Gasteiger partial charge < -0.3 is 16.2 Å². The van der Waals surface area contributed by atoms with Gasteiger partial charge in [-0.2, -0.15) is 0 Å². The van der Waals surface area contributed by atoms with Gasteiger partial charge in [0.05, 0.1) is 5.56 Å². The maximum Gasteiger partial charge on any atom is 0.337 e. The summed E-state index contributed by atoms with van der Waals surface area (Å²) >= 11 is 0. The molecule has 104 valence electrons. The molecule has 2 rings (SSSR count). The number of carbonyl (C=O) groups is 1. The predicted molar refractivity (Wildman–Crippen MR) is 77.5 cm³/mol. The van der Waals surface area contributed by atoms with Gasteiger partial charge in [-0.25, -0.2) is 4.79 Å². The molecule has 1 aromatic rings. The van der Waals surface area contributed by atoms with Gasteiger partial charge in [-0.05, 0) is 36.5 Å². The number of rotatable bonds is 3. The van der Waals surface area contributed by atoms with Gasteiger partial charge in [-0.15, -0.1) is 0 Å². The van der Waals surface area contributed by atoms with E-state index >= 15 is 0 Å². The predicted octanol–water partition coefficient (Wildman–Crippen LogP) is 3.35. The van der Waals surface area contributed by atoms with Crippen molar-refractivity contribution in [1.29, 1.82) is 0 Å². The Kier molecular flexibility index (Phi) is 3.69. The van der Waals surface area contributed by atoms with Crippen LogP contribution in [0.25, 0.3) is 0 Å². The molecule has 1 unspecified atom stereocenters. The van der Waals surface area contributed by atoms with Crippen LogP contribution in [-0.2, 0) is 0 Å². The quantitative estimate of drug-likeness (QED) is 0.730. The van der Waals surface area contributed by atoms with Gasteiger partial charge in [0.1, 0.15) is 0 Å². The highest BCUT2D eigenvalue weighted by Crippen LogP contribution is 2.37. The van der Waals surface area contributed by atoms with E-state index in [-0.39, 0.29) is 11.0 Å². The zero-order valence-corrected chi connectivity index (χ0v) is 11.6. The van der Waals surface area contributed by atoms with Gasteiger partial charge in [0.2, 0.25) is 0 Å². The summed E-state index contributed by atoms with van der Waals surface area (Å²) < 4.78 is 0. The average molecular weight is 262 g/mol. The smallest absolute Gasteiger partial charge is 0.337 e. The molecule has 0 aromatic heterocycles. The Bertz CT molecular complexity index is 483. The van der Waals surface area contributed by atoms with E-state index in [2.05, 4.69) is 19.2 Å². The van der Waals surface area contributed by atoms with Crippen molar-refractivity contribution in [1.82, 2.24) is 0 Å². The Labute approximate surface area is 114 Å². The Morgan fingerprint density at radius 1 is 1.42 bits per heavy atom. The fraction of sp³-hybridized carbons (Fsp3) is 0.533. The fourth-order valence-electron chi connectivity index (χ4n) is 2.81. The Morgan fingerprint density at radius 2 is 2.16 bits per heavy atom. The number of nitrogens with two attached hydrogens (primary N) is 1. The first-order valence-electron chi connectivity index (χ1n) is 6.79. The van der Waals surface area contributed by atoms with Gasteiger partial charge in [-0.3, -0.25) is 0 Å². The minimum atomic E-state index is -0.941. The maximum atomic E-state index is 11.3. The van der Waals surface area contributed by atoms with Crippen LogP contribution in [0.1, 0.15) is 49.9 Å². The molecule has 1 saturated carbocycles. The lowest BCUT2D eigenvalue weighted by atomic mass is 9.73. The lowest BCUT2D eigenvalue weighted by Gasteiger charge is -2.39. The van der Waals surface area contributed by atoms with Crippen LogP contribution in [0, 0.1) is 5.41 Å². The number of nitrogen functional groups attached to an aromatic ring is 1. The molecule has 4 heteroatoms. The normalized spacial score (nSPS) is 21.9. The van der Waals surface area contributed by atoms with Crippen molar-refractivity contribution in [3.05, 3.63) is 23.8 Å². The number of carboxylic acids is 1. The molecule has 0 bridgehead atoms. The molecule has 0 spiro atoms. The topological polar surface area (TPSA) is 75.3 Å².